The van der Waals surface area contributed by atoms with Crippen LogP contribution >= 0.6 is 27.3 Å². The topological polar surface area (TPSA) is 124 Å². The van der Waals surface area contributed by atoms with Crippen molar-refractivity contribution >= 4 is 45.3 Å². The second kappa shape index (κ2) is 16.2. The van der Waals surface area contributed by atoms with Crippen molar-refractivity contribution in [1.82, 2.24) is 4.57 Å². The second-order valence-electron chi connectivity index (χ2n) is 10.7. The van der Waals surface area contributed by atoms with Gasteiger partial charge in [0.1, 0.15) is 12.4 Å². The van der Waals surface area contributed by atoms with Crippen molar-refractivity contribution in [3.05, 3.63) is 113 Å². The summed E-state index contributed by atoms with van der Waals surface area (Å²) in [6.07, 6.45) is 1.69. The predicted molar refractivity (Wildman–Crippen MR) is 187 cm³/mol. The SMILES string of the molecule is CCOC(=O)C1=C(C)N=c2s/c(=C\c3cc(Br)c(OCc4ccccc4F)c(OC)c3)c(=O)n2[C@@H]1c1ccc(OCC(=O)OC)c(OCC)c1. The molecule has 50 heavy (non-hydrogen) atoms. The van der Waals surface area contributed by atoms with Crippen LogP contribution in [-0.4, -0.2) is 50.5 Å². The number of thiazole rings is 1. The number of hydrogen-bond acceptors (Lipinski definition) is 11. The van der Waals surface area contributed by atoms with Gasteiger partial charge in [-0.2, -0.15) is 0 Å². The van der Waals surface area contributed by atoms with E-state index in [0.29, 0.717) is 53.4 Å². The number of halogens is 2. The van der Waals surface area contributed by atoms with E-state index >= 15 is 0 Å². The normalized spacial score (nSPS) is 14.1. The highest BCUT2D eigenvalue weighted by Crippen LogP contribution is 2.38. The van der Waals surface area contributed by atoms with Crippen LogP contribution in [0.3, 0.4) is 0 Å². The summed E-state index contributed by atoms with van der Waals surface area (Å²) in [6, 6.07) is 13.8. The Morgan fingerprint density at radius 2 is 1.78 bits per heavy atom. The first-order valence-corrected chi connectivity index (χ1v) is 17.1. The molecule has 0 bridgehead atoms. The number of carbonyl (C=O) groups excluding carboxylic acids is 2. The van der Waals surface area contributed by atoms with Crippen LogP contribution in [-0.2, 0) is 25.7 Å². The number of carbonyl (C=O) groups is 2. The Morgan fingerprint density at radius 1 is 1.00 bits per heavy atom. The molecule has 3 aromatic carbocycles. The summed E-state index contributed by atoms with van der Waals surface area (Å²) in [5.41, 5.74) is 1.72. The average Bonchev–Trinajstić information content (AvgIpc) is 3.40. The summed E-state index contributed by atoms with van der Waals surface area (Å²) in [5, 5.41) is 0. The minimum absolute atomic E-state index is 0.0227. The molecule has 1 aromatic heterocycles. The molecule has 0 saturated heterocycles. The molecule has 0 unspecified atom stereocenters. The molecule has 1 atom stereocenters. The first kappa shape index (κ1) is 36.3. The van der Waals surface area contributed by atoms with E-state index in [4.69, 9.17) is 23.7 Å². The van der Waals surface area contributed by atoms with Gasteiger partial charge in [-0.3, -0.25) is 9.36 Å². The van der Waals surface area contributed by atoms with Crippen molar-refractivity contribution in [2.75, 3.05) is 34.0 Å². The lowest BCUT2D eigenvalue weighted by Crippen LogP contribution is -2.40. The minimum Gasteiger partial charge on any atom is -0.493 e. The Hall–Kier alpha value is -4.95. The van der Waals surface area contributed by atoms with Crippen molar-refractivity contribution in [2.24, 2.45) is 4.99 Å². The number of allylic oxidation sites excluding steroid dienone is 1. The Bertz CT molecular complexity index is 2140. The fourth-order valence-electron chi connectivity index (χ4n) is 5.26. The van der Waals surface area contributed by atoms with Gasteiger partial charge in [0.05, 0.1) is 53.8 Å². The quantitative estimate of drug-likeness (QED) is 0.168. The molecule has 0 radical (unpaired) electrons. The number of rotatable bonds is 13. The van der Waals surface area contributed by atoms with Crippen molar-refractivity contribution in [2.45, 2.75) is 33.4 Å². The zero-order chi connectivity index (χ0) is 35.9. The van der Waals surface area contributed by atoms with Gasteiger partial charge in [0.25, 0.3) is 5.56 Å². The lowest BCUT2D eigenvalue weighted by atomic mass is 9.95. The summed E-state index contributed by atoms with van der Waals surface area (Å²) in [7, 11) is 2.74. The summed E-state index contributed by atoms with van der Waals surface area (Å²) in [5.74, 6) is -0.237. The molecule has 1 aliphatic heterocycles. The van der Waals surface area contributed by atoms with Crippen LogP contribution in [0.4, 0.5) is 4.39 Å². The maximum atomic E-state index is 14.2. The summed E-state index contributed by atoms with van der Waals surface area (Å²) in [6.45, 7) is 5.23. The first-order valence-electron chi connectivity index (χ1n) is 15.5. The summed E-state index contributed by atoms with van der Waals surface area (Å²) >= 11 is 4.69. The largest absolute Gasteiger partial charge is 0.493 e. The third-order valence-electron chi connectivity index (χ3n) is 7.55. The molecular formula is C36H34BrFN2O9S. The molecule has 4 aromatic rings. The predicted octanol–water partition coefficient (Wildman–Crippen LogP) is 5.24. The van der Waals surface area contributed by atoms with E-state index in [0.717, 1.165) is 11.3 Å². The smallest absolute Gasteiger partial charge is 0.343 e. The zero-order valence-corrected chi connectivity index (χ0v) is 30.3. The lowest BCUT2D eigenvalue weighted by molar-refractivity contribution is -0.143. The van der Waals surface area contributed by atoms with Crippen LogP contribution in [0.1, 0.15) is 43.5 Å². The minimum atomic E-state index is -0.920. The number of esters is 2. The van der Waals surface area contributed by atoms with Gasteiger partial charge < -0.3 is 28.4 Å². The molecule has 5 rings (SSSR count). The van der Waals surface area contributed by atoms with E-state index in [1.54, 1.807) is 75.4 Å². The summed E-state index contributed by atoms with van der Waals surface area (Å²) < 4.78 is 49.6. The van der Waals surface area contributed by atoms with E-state index in [1.165, 1.54) is 24.9 Å². The van der Waals surface area contributed by atoms with Gasteiger partial charge in [0, 0.05) is 5.56 Å². The van der Waals surface area contributed by atoms with Crippen LogP contribution < -0.4 is 33.8 Å². The standard InChI is InChI=1S/C36H34BrFN2O9S/c1-6-46-27-17-22(12-13-26(27)48-19-30(41)45-5)32-31(35(43)47-7-2)20(3)39-36-40(32)34(42)29(50-36)16-21-14-24(37)33(28(15-21)44-4)49-18-23-10-8-9-11-25(23)38/h8-17,32H,6-7,18-19H2,1-5H3/b29-16-/t32-/m1/s1. The van der Waals surface area contributed by atoms with Gasteiger partial charge >= 0.3 is 11.9 Å². The number of ether oxygens (including phenoxy) is 6. The van der Waals surface area contributed by atoms with Crippen LogP contribution in [0.15, 0.2) is 80.1 Å². The highest BCUT2D eigenvalue weighted by atomic mass is 79.9. The van der Waals surface area contributed by atoms with Crippen molar-refractivity contribution in [1.29, 1.82) is 0 Å². The molecule has 0 saturated carbocycles. The number of aromatic nitrogens is 1. The lowest BCUT2D eigenvalue weighted by Gasteiger charge is -2.25. The van der Waals surface area contributed by atoms with Gasteiger partial charge in [-0.1, -0.05) is 35.6 Å². The molecule has 1 aliphatic rings. The van der Waals surface area contributed by atoms with Crippen molar-refractivity contribution in [3.8, 4) is 23.0 Å². The molecule has 14 heteroatoms. The number of hydrogen-bond donors (Lipinski definition) is 0. The van der Waals surface area contributed by atoms with Crippen LogP contribution in [0, 0.1) is 5.82 Å². The maximum absolute atomic E-state index is 14.2. The number of benzene rings is 3. The van der Waals surface area contributed by atoms with Gasteiger partial charge in [0.2, 0.25) is 0 Å². The number of fused-ring (bicyclic) bond motifs is 1. The van der Waals surface area contributed by atoms with Crippen LogP contribution in [0.25, 0.3) is 6.08 Å². The Morgan fingerprint density at radius 3 is 2.48 bits per heavy atom. The fraction of sp³-hybridized carbons (Fsp3) is 0.278. The third kappa shape index (κ3) is 7.76. The Balaban J connectivity index is 1.59. The molecule has 0 amide bonds. The van der Waals surface area contributed by atoms with Crippen molar-refractivity contribution < 1.29 is 42.4 Å². The van der Waals surface area contributed by atoms with E-state index in [2.05, 4.69) is 25.7 Å². The fourth-order valence-corrected chi connectivity index (χ4v) is 6.89. The highest BCUT2D eigenvalue weighted by molar-refractivity contribution is 9.10. The number of nitrogens with zero attached hydrogens (tertiary/aromatic N) is 2. The van der Waals surface area contributed by atoms with E-state index in [1.807, 2.05) is 0 Å². The molecule has 0 fully saturated rings. The monoisotopic (exact) mass is 768 g/mol. The molecular weight excluding hydrogens is 735 g/mol. The van der Waals surface area contributed by atoms with E-state index in [-0.39, 0.29) is 43.6 Å². The Kier molecular flexibility index (Phi) is 11.8. The number of methoxy groups -OCH3 is 2. The molecule has 262 valence electrons. The zero-order valence-electron chi connectivity index (χ0n) is 27.9. The summed E-state index contributed by atoms with van der Waals surface area (Å²) in [4.78, 5) is 44.3. The first-order chi connectivity index (χ1) is 24.1. The van der Waals surface area contributed by atoms with Gasteiger partial charge in [-0.05, 0) is 84.2 Å². The van der Waals surface area contributed by atoms with Gasteiger partial charge in [-0.25, -0.2) is 19.0 Å². The van der Waals surface area contributed by atoms with Crippen molar-refractivity contribution in [3.63, 3.8) is 0 Å². The molecule has 2 heterocycles. The maximum Gasteiger partial charge on any atom is 0.343 e. The third-order valence-corrected chi connectivity index (χ3v) is 9.12. The Labute approximate surface area is 299 Å². The van der Waals surface area contributed by atoms with E-state index in [9.17, 15) is 18.8 Å². The highest BCUT2D eigenvalue weighted by Gasteiger charge is 2.34. The van der Waals surface area contributed by atoms with Gasteiger partial charge in [0.15, 0.2) is 34.4 Å². The molecule has 0 N–H and O–H groups in total. The van der Waals surface area contributed by atoms with Gasteiger partial charge in [-0.15, -0.1) is 0 Å². The van der Waals surface area contributed by atoms with Crippen LogP contribution in [0.2, 0.25) is 0 Å². The van der Waals surface area contributed by atoms with E-state index < -0.39 is 23.5 Å². The second-order valence-corrected chi connectivity index (χ2v) is 12.6. The molecule has 0 spiro atoms. The molecule has 0 aliphatic carbocycles. The van der Waals surface area contributed by atoms with Crippen LogP contribution in [0.5, 0.6) is 23.0 Å². The molecule has 11 nitrogen and oxygen atoms in total. The average molecular weight is 770 g/mol.